The SMILES string of the molecule is O=C(O)CC[C@H]1N[C@@]2(C(=O)Nc3ccc(F)cc32)[C@@H]2C(=O)N(Cc3ccccc3Cl)C(=O)[C@@H]21. The number of nitrogens with one attached hydrogen (secondary N) is 2. The van der Waals surface area contributed by atoms with Crippen molar-refractivity contribution in [2.45, 2.75) is 31.0 Å². The van der Waals surface area contributed by atoms with Gasteiger partial charge in [-0.3, -0.25) is 29.4 Å². The Balaban J connectivity index is 1.60. The van der Waals surface area contributed by atoms with Crippen LogP contribution >= 0.6 is 11.6 Å². The molecule has 8 nitrogen and oxygen atoms in total. The summed E-state index contributed by atoms with van der Waals surface area (Å²) in [6.07, 6.45) is -0.240. The molecule has 5 rings (SSSR count). The summed E-state index contributed by atoms with van der Waals surface area (Å²) in [5.41, 5.74) is -0.530. The van der Waals surface area contributed by atoms with Crippen LogP contribution in [-0.4, -0.2) is 39.7 Å². The van der Waals surface area contributed by atoms with Crippen molar-refractivity contribution in [3.8, 4) is 0 Å². The Kier molecular flexibility index (Phi) is 4.98. The van der Waals surface area contributed by atoms with E-state index < -0.39 is 52.9 Å². The minimum absolute atomic E-state index is 0.0229. The number of likely N-dealkylation sites (tertiary alicyclic amines) is 1. The molecule has 3 heterocycles. The van der Waals surface area contributed by atoms with Gasteiger partial charge < -0.3 is 10.4 Å². The highest BCUT2D eigenvalue weighted by atomic mass is 35.5. The van der Waals surface area contributed by atoms with Gasteiger partial charge in [0.2, 0.25) is 17.7 Å². The fraction of sp³-hybridized carbons (Fsp3) is 0.304. The lowest BCUT2D eigenvalue weighted by atomic mass is 9.76. The van der Waals surface area contributed by atoms with E-state index in [1.54, 1.807) is 24.3 Å². The van der Waals surface area contributed by atoms with Crippen LogP contribution in [0.15, 0.2) is 42.5 Å². The van der Waals surface area contributed by atoms with Gasteiger partial charge in [0.15, 0.2) is 0 Å². The number of carboxylic acid groups (broad SMARTS) is 1. The summed E-state index contributed by atoms with van der Waals surface area (Å²) in [5.74, 6) is -5.45. The van der Waals surface area contributed by atoms with Gasteiger partial charge >= 0.3 is 5.97 Å². The zero-order valence-corrected chi connectivity index (χ0v) is 17.9. The van der Waals surface area contributed by atoms with Crippen LogP contribution in [0.2, 0.25) is 5.02 Å². The Bertz CT molecular complexity index is 1220. The van der Waals surface area contributed by atoms with Crippen LogP contribution in [0.3, 0.4) is 0 Å². The van der Waals surface area contributed by atoms with Gasteiger partial charge in [-0.2, -0.15) is 0 Å². The number of halogens is 2. The lowest BCUT2D eigenvalue weighted by Crippen LogP contribution is -2.53. The highest BCUT2D eigenvalue weighted by Crippen LogP contribution is 2.53. The van der Waals surface area contributed by atoms with Gasteiger partial charge in [0.1, 0.15) is 11.4 Å². The van der Waals surface area contributed by atoms with E-state index in [4.69, 9.17) is 11.6 Å². The molecule has 2 aromatic rings. The van der Waals surface area contributed by atoms with Gasteiger partial charge in [-0.1, -0.05) is 29.8 Å². The number of fused-ring (bicyclic) bond motifs is 4. The van der Waals surface area contributed by atoms with Crippen molar-refractivity contribution in [3.05, 3.63) is 64.4 Å². The van der Waals surface area contributed by atoms with E-state index in [-0.39, 0.29) is 24.9 Å². The number of carbonyl (C=O) groups excluding carboxylic acids is 3. The highest BCUT2D eigenvalue weighted by molar-refractivity contribution is 6.31. The summed E-state index contributed by atoms with van der Waals surface area (Å²) in [6.45, 7) is -0.0797. The Morgan fingerprint density at radius 2 is 1.91 bits per heavy atom. The number of hydrogen-bond acceptors (Lipinski definition) is 5. The molecule has 3 aliphatic rings. The summed E-state index contributed by atoms with van der Waals surface area (Å²) >= 11 is 6.23. The van der Waals surface area contributed by atoms with E-state index in [0.29, 0.717) is 16.3 Å². The average Bonchev–Trinajstić information content (AvgIpc) is 3.34. The summed E-state index contributed by atoms with van der Waals surface area (Å²) < 4.78 is 14.2. The Labute approximate surface area is 192 Å². The Morgan fingerprint density at radius 1 is 1.15 bits per heavy atom. The largest absolute Gasteiger partial charge is 0.481 e. The topological polar surface area (TPSA) is 116 Å². The third-order valence-electron chi connectivity index (χ3n) is 6.72. The molecule has 4 atom stereocenters. The summed E-state index contributed by atoms with van der Waals surface area (Å²) in [6, 6.07) is 9.80. The van der Waals surface area contributed by atoms with Gasteiger partial charge in [-0.25, -0.2) is 4.39 Å². The third kappa shape index (κ3) is 3.14. The molecule has 3 aliphatic heterocycles. The number of nitrogens with zero attached hydrogens (tertiary/aromatic N) is 1. The van der Waals surface area contributed by atoms with Crippen molar-refractivity contribution < 1.29 is 28.7 Å². The molecule has 10 heteroatoms. The van der Waals surface area contributed by atoms with Crippen molar-refractivity contribution in [1.29, 1.82) is 0 Å². The lowest BCUT2D eigenvalue weighted by Gasteiger charge is -2.29. The normalized spacial score (nSPS) is 27.8. The fourth-order valence-electron chi connectivity index (χ4n) is 5.31. The molecule has 33 heavy (non-hydrogen) atoms. The van der Waals surface area contributed by atoms with Crippen LogP contribution in [0.25, 0.3) is 0 Å². The molecule has 0 aliphatic carbocycles. The van der Waals surface area contributed by atoms with Crippen molar-refractivity contribution in [2.24, 2.45) is 11.8 Å². The molecule has 0 radical (unpaired) electrons. The van der Waals surface area contributed by atoms with Crippen molar-refractivity contribution in [3.63, 3.8) is 0 Å². The standard InChI is InChI=1S/C23H19ClFN3O5/c24-14-4-2-1-3-11(14)10-28-20(31)18-16(7-8-17(29)30)27-23(19(18)21(28)32)13-9-12(25)5-6-15(13)26-22(23)33/h1-6,9,16,18-19,27H,7-8,10H2,(H,26,33)(H,29,30)/t16-,18-,19+,23-/m1/s1. The van der Waals surface area contributed by atoms with Crippen molar-refractivity contribution in [2.75, 3.05) is 5.32 Å². The predicted octanol–water partition coefficient (Wildman–Crippen LogP) is 2.26. The van der Waals surface area contributed by atoms with E-state index in [9.17, 15) is 28.7 Å². The second-order valence-electron chi connectivity index (χ2n) is 8.49. The smallest absolute Gasteiger partial charge is 0.303 e. The molecule has 3 amide bonds. The summed E-state index contributed by atoms with van der Waals surface area (Å²) in [7, 11) is 0. The molecule has 0 unspecified atom stereocenters. The van der Waals surface area contributed by atoms with Gasteiger partial charge in [-0.15, -0.1) is 0 Å². The summed E-state index contributed by atoms with van der Waals surface area (Å²) in [5, 5.41) is 15.3. The molecule has 1 spiro atoms. The molecular formula is C23H19ClFN3O5. The number of carboxylic acids is 1. The summed E-state index contributed by atoms with van der Waals surface area (Å²) in [4.78, 5) is 52.6. The minimum Gasteiger partial charge on any atom is -0.481 e. The van der Waals surface area contributed by atoms with E-state index >= 15 is 0 Å². The van der Waals surface area contributed by atoms with E-state index in [1.807, 2.05) is 0 Å². The number of amides is 3. The molecular weight excluding hydrogens is 453 g/mol. The van der Waals surface area contributed by atoms with Crippen LogP contribution in [0.4, 0.5) is 10.1 Å². The number of aliphatic carboxylic acids is 1. The van der Waals surface area contributed by atoms with Crippen LogP contribution in [0.1, 0.15) is 24.0 Å². The second-order valence-corrected chi connectivity index (χ2v) is 8.90. The molecule has 3 N–H and O–H groups in total. The highest BCUT2D eigenvalue weighted by Gasteiger charge is 2.70. The molecule has 2 saturated heterocycles. The third-order valence-corrected chi connectivity index (χ3v) is 7.09. The zero-order chi connectivity index (χ0) is 23.5. The fourth-order valence-corrected chi connectivity index (χ4v) is 5.51. The monoisotopic (exact) mass is 471 g/mol. The van der Waals surface area contributed by atoms with Crippen LogP contribution in [-0.2, 0) is 31.3 Å². The minimum atomic E-state index is -1.67. The van der Waals surface area contributed by atoms with E-state index in [0.717, 1.165) is 4.90 Å². The second kappa shape index (κ2) is 7.64. The van der Waals surface area contributed by atoms with Gasteiger partial charge in [0.05, 0.1) is 18.4 Å². The molecule has 170 valence electrons. The first-order chi connectivity index (χ1) is 15.7. The molecule has 2 aromatic carbocycles. The maximum atomic E-state index is 14.2. The predicted molar refractivity (Wildman–Crippen MR) is 114 cm³/mol. The Hall–Kier alpha value is -3.30. The number of rotatable bonds is 5. The number of hydrogen-bond donors (Lipinski definition) is 3. The van der Waals surface area contributed by atoms with Crippen LogP contribution in [0, 0.1) is 17.7 Å². The van der Waals surface area contributed by atoms with Crippen molar-refractivity contribution >= 4 is 41.0 Å². The Morgan fingerprint density at radius 3 is 2.64 bits per heavy atom. The van der Waals surface area contributed by atoms with E-state index in [2.05, 4.69) is 10.6 Å². The van der Waals surface area contributed by atoms with Crippen LogP contribution in [0.5, 0.6) is 0 Å². The molecule has 0 bridgehead atoms. The van der Waals surface area contributed by atoms with Gasteiger partial charge in [0.25, 0.3) is 0 Å². The molecule has 0 aromatic heterocycles. The first-order valence-corrected chi connectivity index (χ1v) is 10.8. The van der Waals surface area contributed by atoms with Gasteiger partial charge in [-0.05, 0) is 36.2 Å². The zero-order valence-electron chi connectivity index (χ0n) is 17.2. The first-order valence-electron chi connectivity index (χ1n) is 10.4. The van der Waals surface area contributed by atoms with Crippen LogP contribution < -0.4 is 10.6 Å². The number of benzene rings is 2. The molecule has 0 saturated carbocycles. The average molecular weight is 472 g/mol. The number of carbonyl (C=O) groups is 4. The van der Waals surface area contributed by atoms with Crippen molar-refractivity contribution in [1.82, 2.24) is 10.2 Å². The quantitative estimate of drug-likeness (QED) is 0.576. The molecule has 2 fully saturated rings. The van der Waals surface area contributed by atoms with Gasteiger partial charge in [0, 0.05) is 28.7 Å². The maximum absolute atomic E-state index is 14.2. The first kappa shape index (κ1) is 21.5. The maximum Gasteiger partial charge on any atom is 0.303 e. The lowest BCUT2D eigenvalue weighted by molar-refractivity contribution is -0.144. The number of anilines is 1. The van der Waals surface area contributed by atoms with E-state index in [1.165, 1.54) is 18.2 Å². The number of imide groups is 1.